The number of fused-ring (bicyclic) bond motifs is 1. The molecule has 0 atom stereocenters. The van der Waals surface area contributed by atoms with E-state index in [0.29, 0.717) is 5.71 Å². The van der Waals surface area contributed by atoms with Crippen LogP contribution in [0.5, 0.6) is 0 Å². The van der Waals surface area contributed by atoms with Crippen LogP contribution in [0, 0.1) is 12.3 Å². The fourth-order valence-corrected chi connectivity index (χ4v) is 2.97. The summed E-state index contributed by atoms with van der Waals surface area (Å²) in [5, 5.41) is 15.3. The highest BCUT2D eigenvalue weighted by atomic mass is 32.1. The SMILES string of the molecule is CN/C(C)=C(\C(C)=N)c1cn2ncc(C)c2s1. The Labute approximate surface area is 104 Å². The molecule has 0 radical (unpaired) electrons. The number of nitrogens with one attached hydrogen (secondary N) is 2. The lowest BCUT2D eigenvalue weighted by Gasteiger charge is -2.08. The van der Waals surface area contributed by atoms with E-state index >= 15 is 0 Å². The van der Waals surface area contributed by atoms with E-state index in [9.17, 15) is 0 Å². The number of hydrogen-bond donors (Lipinski definition) is 2. The second-order valence-electron chi connectivity index (χ2n) is 4.05. The summed E-state index contributed by atoms with van der Waals surface area (Å²) in [6.07, 6.45) is 3.85. The highest BCUT2D eigenvalue weighted by molar-refractivity contribution is 7.19. The molecule has 0 spiro atoms. The second kappa shape index (κ2) is 4.33. The van der Waals surface area contributed by atoms with E-state index in [-0.39, 0.29) is 0 Å². The molecule has 90 valence electrons. The lowest BCUT2D eigenvalue weighted by molar-refractivity contribution is 0.972. The van der Waals surface area contributed by atoms with Crippen LogP contribution in [0.25, 0.3) is 10.4 Å². The predicted octanol–water partition coefficient (Wildman–Crippen LogP) is 2.69. The summed E-state index contributed by atoms with van der Waals surface area (Å²) >= 11 is 1.67. The van der Waals surface area contributed by atoms with Gasteiger partial charge in [-0.2, -0.15) is 5.10 Å². The fourth-order valence-electron chi connectivity index (χ4n) is 1.79. The van der Waals surface area contributed by atoms with Crippen molar-refractivity contribution in [2.75, 3.05) is 7.05 Å². The normalized spacial score (nSPS) is 12.7. The van der Waals surface area contributed by atoms with Crippen molar-refractivity contribution in [3.63, 3.8) is 0 Å². The van der Waals surface area contributed by atoms with Crippen LogP contribution in [0.2, 0.25) is 0 Å². The zero-order valence-corrected chi connectivity index (χ0v) is 11.3. The van der Waals surface area contributed by atoms with Gasteiger partial charge in [-0.25, -0.2) is 4.52 Å². The van der Waals surface area contributed by atoms with E-state index < -0.39 is 0 Å². The molecule has 4 nitrogen and oxygen atoms in total. The quantitative estimate of drug-likeness (QED) is 0.821. The van der Waals surface area contributed by atoms with Gasteiger partial charge in [0, 0.05) is 35.8 Å². The van der Waals surface area contributed by atoms with Gasteiger partial charge in [0.05, 0.1) is 11.1 Å². The molecular weight excluding hydrogens is 232 g/mol. The molecule has 5 heteroatoms. The summed E-state index contributed by atoms with van der Waals surface area (Å²) in [4.78, 5) is 2.22. The highest BCUT2D eigenvalue weighted by Crippen LogP contribution is 2.28. The molecule has 2 N–H and O–H groups in total. The molecule has 0 aliphatic rings. The molecule has 0 aromatic carbocycles. The number of aromatic nitrogens is 2. The third kappa shape index (κ3) is 1.98. The molecule has 0 unspecified atom stereocenters. The predicted molar refractivity (Wildman–Crippen MR) is 72.9 cm³/mol. The minimum Gasteiger partial charge on any atom is -0.391 e. The van der Waals surface area contributed by atoms with E-state index in [1.807, 2.05) is 44.7 Å². The Hall–Kier alpha value is -1.62. The van der Waals surface area contributed by atoms with Gasteiger partial charge >= 0.3 is 0 Å². The number of nitrogens with zero attached hydrogens (tertiary/aromatic N) is 2. The van der Waals surface area contributed by atoms with Crippen LogP contribution in [0.1, 0.15) is 24.3 Å². The summed E-state index contributed by atoms with van der Waals surface area (Å²) < 4.78 is 1.88. The zero-order valence-electron chi connectivity index (χ0n) is 10.5. The van der Waals surface area contributed by atoms with Crippen molar-refractivity contribution in [3.8, 4) is 0 Å². The first-order valence-electron chi connectivity index (χ1n) is 5.43. The van der Waals surface area contributed by atoms with Crippen LogP contribution < -0.4 is 5.32 Å². The summed E-state index contributed by atoms with van der Waals surface area (Å²) in [7, 11) is 1.88. The molecule has 0 bridgehead atoms. The van der Waals surface area contributed by atoms with Crippen molar-refractivity contribution in [1.82, 2.24) is 14.9 Å². The van der Waals surface area contributed by atoms with Crippen molar-refractivity contribution >= 4 is 27.5 Å². The fraction of sp³-hybridized carbons (Fsp3) is 0.333. The molecule has 0 saturated heterocycles. The minimum atomic E-state index is 0.569. The van der Waals surface area contributed by atoms with Gasteiger partial charge in [0.2, 0.25) is 0 Å². The van der Waals surface area contributed by atoms with Crippen LogP contribution >= 0.6 is 11.3 Å². The zero-order chi connectivity index (χ0) is 12.6. The number of hydrogen-bond acceptors (Lipinski definition) is 4. The Morgan fingerprint density at radius 2 is 2.18 bits per heavy atom. The average molecular weight is 248 g/mol. The molecule has 0 aliphatic heterocycles. The molecule has 2 heterocycles. The Morgan fingerprint density at radius 1 is 1.47 bits per heavy atom. The Balaban J connectivity index is 2.61. The molecule has 2 aromatic rings. The first-order chi connectivity index (χ1) is 8.04. The summed E-state index contributed by atoms with van der Waals surface area (Å²) in [6, 6.07) is 0. The molecular formula is C12H16N4S. The van der Waals surface area contributed by atoms with Crippen LogP contribution in [0.4, 0.5) is 0 Å². The average Bonchev–Trinajstić information content (AvgIpc) is 2.81. The molecule has 17 heavy (non-hydrogen) atoms. The number of thiazole rings is 1. The minimum absolute atomic E-state index is 0.569. The van der Waals surface area contributed by atoms with Crippen molar-refractivity contribution < 1.29 is 0 Å². The van der Waals surface area contributed by atoms with Crippen molar-refractivity contribution in [3.05, 3.63) is 28.5 Å². The number of rotatable bonds is 3. The van der Waals surface area contributed by atoms with Gasteiger partial charge in [-0.3, -0.25) is 0 Å². The first-order valence-corrected chi connectivity index (χ1v) is 6.24. The Kier molecular flexibility index (Phi) is 3.02. The van der Waals surface area contributed by atoms with Gasteiger partial charge in [0.15, 0.2) is 0 Å². The second-order valence-corrected chi connectivity index (χ2v) is 5.08. The van der Waals surface area contributed by atoms with E-state index in [2.05, 4.69) is 10.4 Å². The van der Waals surface area contributed by atoms with Crippen LogP contribution in [-0.4, -0.2) is 22.4 Å². The van der Waals surface area contributed by atoms with Crippen LogP contribution in [-0.2, 0) is 0 Å². The third-order valence-electron chi connectivity index (χ3n) is 2.74. The molecule has 0 aliphatic carbocycles. The molecule has 0 fully saturated rings. The monoisotopic (exact) mass is 248 g/mol. The first kappa shape index (κ1) is 11.9. The molecule has 2 aromatic heterocycles. The third-order valence-corrected chi connectivity index (χ3v) is 3.97. The van der Waals surface area contributed by atoms with Crippen LogP contribution in [0.15, 0.2) is 18.1 Å². The van der Waals surface area contributed by atoms with Crippen molar-refractivity contribution in [1.29, 1.82) is 5.41 Å². The lowest BCUT2D eigenvalue weighted by atomic mass is 10.1. The Morgan fingerprint density at radius 3 is 2.71 bits per heavy atom. The lowest BCUT2D eigenvalue weighted by Crippen LogP contribution is -2.08. The maximum atomic E-state index is 7.88. The standard InChI is InChI=1S/C12H16N4S/c1-7-5-15-16-6-10(17-12(7)16)11(8(2)13)9(3)14-4/h5-6,13-14H,1-4H3/b11-9+,13-8?. The largest absolute Gasteiger partial charge is 0.391 e. The molecule has 0 amide bonds. The van der Waals surface area contributed by atoms with Gasteiger partial charge in [-0.15, -0.1) is 11.3 Å². The smallest absolute Gasteiger partial charge is 0.122 e. The highest BCUT2D eigenvalue weighted by Gasteiger charge is 2.13. The van der Waals surface area contributed by atoms with E-state index in [0.717, 1.165) is 21.0 Å². The molecule has 2 rings (SSSR count). The van der Waals surface area contributed by atoms with E-state index in [1.165, 1.54) is 5.56 Å². The number of allylic oxidation sites excluding steroid dienone is 2. The van der Waals surface area contributed by atoms with Crippen molar-refractivity contribution in [2.45, 2.75) is 20.8 Å². The van der Waals surface area contributed by atoms with Gasteiger partial charge in [0.1, 0.15) is 4.83 Å². The maximum absolute atomic E-state index is 7.88. The van der Waals surface area contributed by atoms with Crippen LogP contribution in [0.3, 0.4) is 0 Å². The van der Waals surface area contributed by atoms with Crippen molar-refractivity contribution in [2.24, 2.45) is 0 Å². The maximum Gasteiger partial charge on any atom is 0.122 e. The topological polar surface area (TPSA) is 53.2 Å². The van der Waals surface area contributed by atoms with Gasteiger partial charge in [0.25, 0.3) is 0 Å². The van der Waals surface area contributed by atoms with E-state index in [4.69, 9.17) is 5.41 Å². The number of aryl methyl sites for hydroxylation is 1. The van der Waals surface area contributed by atoms with Gasteiger partial charge < -0.3 is 10.7 Å². The van der Waals surface area contributed by atoms with E-state index in [1.54, 1.807) is 11.3 Å². The summed E-state index contributed by atoms with van der Waals surface area (Å²) in [6.45, 7) is 5.85. The summed E-state index contributed by atoms with van der Waals surface area (Å²) in [5.74, 6) is 0. The Bertz CT molecular complexity index is 603. The summed E-state index contributed by atoms with van der Waals surface area (Å²) in [5.41, 5.74) is 3.71. The van der Waals surface area contributed by atoms with Gasteiger partial charge in [-0.05, 0) is 20.8 Å². The van der Waals surface area contributed by atoms with Gasteiger partial charge in [-0.1, -0.05) is 0 Å². The molecule has 0 saturated carbocycles.